The predicted octanol–water partition coefficient (Wildman–Crippen LogP) is 3.15. The Hall–Kier alpha value is -1.88. The number of nitrogens with zero attached hydrogens (tertiary/aromatic N) is 1. The molecule has 0 spiro atoms. The normalized spacial score (nSPS) is 12.2. The van der Waals surface area contributed by atoms with Crippen LogP contribution >= 0.6 is 11.6 Å². The van der Waals surface area contributed by atoms with Gasteiger partial charge < -0.3 is 15.0 Å². The average molecular weight is 361 g/mol. The van der Waals surface area contributed by atoms with Gasteiger partial charge in [0.25, 0.3) is 0 Å². The molecule has 1 amide bonds. The molecule has 5 heteroatoms. The number of carbonyl (C=O) groups is 1. The second kappa shape index (κ2) is 10.2. The minimum atomic E-state index is -0.119. The summed E-state index contributed by atoms with van der Waals surface area (Å²) in [6, 6.07) is 18.0. The molecule has 0 aliphatic rings. The van der Waals surface area contributed by atoms with E-state index in [2.05, 4.69) is 22.3 Å². The summed E-state index contributed by atoms with van der Waals surface area (Å²) in [5.41, 5.74) is 2.14. The lowest BCUT2D eigenvalue weighted by atomic mass is 10.1. The van der Waals surface area contributed by atoms with Crippen molar-refractivity contribution in [1.82, 2.24) is 10.2 Å². The van der Waals surface area contributed by atoms with Gasteiger partial charge in [-0.2, -0.15) is 0 Å². The number of benzene rings is 2. The van der Waals surface area contributed by atoms with E-state index >= 15 is 0 Å². The number of ether oxygens (including phenoxy) is 1. The van der Waals surface area contributed by atoms with Crippen molar-refractivity contribution >= 4 is 17.5 Å². The van der Waals surface area contributed by atoms with Crippen LogP contribution in [0.15, 0.2) is 54.6 Å². The van der Waals surface area contributed by atoms with Gasteiger partial charge in [0.15, 0.2) is 0 Å². The molecule has 1 N–H and O–H groups in total. The summed E-state index contributed by atoms with van der Waals surface area (Å²) < 4.78 is 5.46. The van der Waals surface area contributed by atoms with Crippen molar-refractivity contribution in [2.75, 3.05) is 27.2 Å². The zero-order chi connectivity index (χ0) is 18.1. The van der Waals surface area contributed by atoms with Gasteiger partial charge in [0.05, 0.1) is 6.61 Å². The highest BCUT2D eigenvalue weighted by Gasteiger charge is 2.13. The molecule has 0 heterocycles. The van der Waals surface area contributed by atoms with Crippen molar-refractivity contribution in [2.24, 2.45) is 0 Å². The van der Waals surface area contributed by atoms with Gasteiger partial charge in [0.2, 0.25) is 5.91 Å². The fourth-order valence-electron chi connectivity index (χ4n) is 2.48. The van der Waals surface area contributed by atoms with Crippen LogP contribution in [0.3, 0.4) is 0 Å². The Balaban J connectivity index is 1.74. The van der Waals surface area contributed by atoms with E-state index in [1.165, 1.54) is 5.56 Å². The number of amides is 1. The van der Waals surface area contributed by atoms with Crippen molar-refractivity contribution < 1.29 is 9.53 Å². The fourth-order valence-corrected chi connectivity index (χ4v) is 2.67. The molecule has 2 rings (SSSR count). The van der Waals surface area contributed by atoms with Crippen molar-refractivity contribution in [3.8, 4) is 0 Å². The van der Waals surface area contributed by atoms with Crippen LogP contribution in [0, 0.1) is 0 Å². The standard InChI is InChI=1S/C20H25ClN2O2/c1-23(2)18(12-16-8-4-3-5-9-16)13-22-20(24)15-25-14-17-10-6-7-11-19(17)21/h3-11,18H,12-15H2,1-2H3,(H,22,24). The molecule has 0 saturated heterocycles. The number of likely N-dealkylation sites (N-methyl/N-ethyl adjacent to an activating group) is 1. The van der Waals surface area contributed by atoms with Crippen LogP contribution in [0.1, 0.15) is 11.1 Å². The van der Waals surface area contributed by atoms with Crippen LogP contribution in [0.2, 0.25) is 5.02 Å². The SMILES string of the molecule is CN(C)C(CNC(=O)COCc1ccccc1Cl)Cc1ccccc1. The summed E-state index contributed by atoms with van der Waals surface area (Å²) in [7, 11) is 4.04. The summed E-state index contributed by atoms with van der Waals surface area (Å²) in [5, 5.41) is 3.60. The van der Waals surface area contributed by atoms with E-state index in [9.17, 15) is 4.79 Å². The molecule has 134 valence electrons. The second-order valence-corrected chi connectivity index (χ2v) is 6.60. The highest BCUT2D eigenvalue weighted by atomic mass is 35.5. The minimum Gasteiger partial charge on any atom is -0.367 e. The van der Waals surface area contributed by atoms with Crippen LogP contribution in [0.4, 0.5) is 0 Å². The third-order valence-electron chi connectivity index (χ3n) is 4.03. The number of hydrogen-bond donors (Lipinski definition) is 1. The molecule has 0 fully saturated rings. The van der Waals surface area contributed by atoms with Crippen LogP contribution in [-0.4, -0.2) is 44.1 Å². The first-order valence-corrected chi connectivity index (χ1v) is 8.72. The Labute approximate surface area is 154 Å². The number of nitrogens with one attached hydrogen (secondary N) is 1. The van der Waals surface area contributed by atoms with E-state index in [4.69, 9.17) is 16.3 Å². The van der Waals surface area contributed by atoms with Crippen LogP contribution < -0.4 is 5.32 Å². The Kier molecular flexibility index (Phi) is 7.92. The number of carbonyl (C=O) groups excluding carboxylic acids is 1. The lowest BCUT2D eigenvalue weighted by Crippen LogP contribution is -2.42. The molecule has 2 aromatic rings. The quantitative estimate of drug-likeness (QED) is 0.747. The maximum Gasteiger partial charge on any atom is 0.246 e. The molecule has 0 aliphatic heterocycles. The van der Waals surface area contributed by atoms with E-state index in [1.54, 1.807) is 0 Å². The summed E-state index contributed by atoms with van der Waals surface area (Å²) in [6.45, 7) is 0.932. The summed E-state index contributed by atoms with van der Waals surface area (Å²) >= 11 is 6.07. The van der Waals surface area contributed by atoms with E-state index in [0.29, 0.717) is 18.2 Å². The number of rotatable bonds is 9. The van der Waals surface area contributed by atoms with Gasteiger partial charge in [0.1, 0.15) is 6.61 Å². The maximum absolute atomic E-state index is 12.0. The van der Waals surface area contributed by atoms with Crippen molar-refractivity contribution in [3.05, 3.63) is 70.7 Å². The summed E-state index contributed by atoms with van der Waals surface area (Å²) in [4.78, 5) is 14.1. The highest BCUT2D eigenvalue weighted by Crippen LogP contribution is 2.15. The Morgan fingerprint density at radius 3 is 2.48 bits per heavy atom. The van der Waals surface area contributed by atoms with E-state index in [1.807, 2.05) is 56.6 Å². The van der Waals surface area contributed by atoms with E-state index in [-0.39, 0.29) is 18.6 Å². The van der Waals surface area contributed by atoms with Gasteiger partial charge >= 0.3 is 0 Å². The van der Waals surface area contributed by atoms with Crippen molar-refractivity contribution in [2.45, 2.75) is 19.1 Å². The maximum atomic E-state index is 12.0. The number of hydrogen-bond acceptors (Lipinski definition) is 3. The van der Waals surface area contributed by atoms with Crippen molar-refractivity contribution in [3.63, 3.8) is 0 Å². The molecule has 4 nitrogen and oxygen atoms in total. The Morgan fingerprint density at radius 1 is 1.12 bits per heavy atom. The zero-order valence-electron chi connectivity index (χ0n) is 14.7. The van der Waals surface area contributed by atoms with Gasteiger partial charge in [-0.25, -0.2) is 0 Å². The first-order valence-electron chi connectivity index (χ1n) is 8.34. The molecule has 0 saturated carbocycles. The topological polar surface area (TPSA) is 41.6 Å². The van der Waals surface area contributed by atoms with Crippen molar-refractivity contribution in [1.29, 1.82) is 0 Å². The molecule has 25 heavy (non-hydrogen) atoms. The lowest BCUT2D eigenvalue weighted by Gasteiger charge is -2.24. The molecular weight excluding hydrogens is 336 g/mol. The molecule has 2 aromatic carbocycles. The van der Waals surface area contributed by atoms with Gasteiger partial charge in [-0.1, -0.05) is 60.1 Å². The van der Waals surface area contributed by atoms with E-state index in [0.717, 1.165) is 12.0 Å². The summed E-state index contributed by atoms with van der Waals surface area (Å²) in [6.07, 6.45) is 0.884. The molecule has 1 atom stereocenters. The second-order valence-electron chi connectivity index (χ2n) is 6.20. The molecule has 0 bridgehead atoms. The molecule has 0 radical (unpaired) electrons. The largest absolute Gasteiger partial charge is 0.367 e. The van der Waals surface area contributed by atoms with Gasteiger partial charge in [0, 0.05) is 17.6 Å². The molecular formula is C20H25ClN2O2. The van der Waals surface area contributed by atoms with Gasteiger partial charge in [-0.3, -0.25) is 4.79 Å². The van der Waals surface area contributed by atoms with E-state index < -0.39 is 0 Å². The predicted molar refractivity (Wildman–Crippen MR) is 102 cm³/mol. The van der Waals surface area contributed by atoms with Crippen LogP contribution in [-0.2, 0) is 22.6 Å². The molecule has 1 unspecified atom stereocenters. The smallest absolute Gasteiger partial charge is 0.246 e. The third-order valence-corrected chi connectivity index (χ3v) is 4.40. The van der Waals surface area contributed by atoms with Gasteiger partial charge in [-0.05, 0) is 37.7 Å². The fraction of sp³-hybridized carbons (Fsp3) is 0.350. The number of halogens is 1. The highest BCUT2D eigenvalue weighted by molar-refractivity contribution is 6.31. The first-order chi connectivity index (χ1) is 12.1. The zero-order valence-corrected chi connectivity index (χ0v) is 15.5. The molecule has 0 aromatic heterocycles. The Bertz CT molecular complexity index is 662. The lowest BCUT2D eigenvalue weighted by molar-refractivity contribution is -0.126. The summed E-state index contributed by atoms with van der Waals surface area (Å²) in [5.74, 6) is -0.119. The van der Waals surface area contributed by atoms with Gasteiger partial charge in [-0.15, -0.1) is 0 Å². The third kappa shape index (κ3) is 6.86. The molecule has 0 aliphatic carbocycles. The van der Waals surface area contributed by atoms with Crippen LogP contribution in [0.5, 0.6) is 0 Å². The Morgan fingerprint density at radius 2 is 1.80 bits per heavy atom. The first kappa shape index (κ1) is 19.4. The van der Waals surface area contributed by atoms with Crippen LogP contribution in [0.25, 0.3) is 0 Å². The average Bonchev–Trinajstić information content (AvgIpc) is 2.61. The monoisotopic (exact) mass is 360 g/mol. The minimum absolute atomic E-state index is 0.0245.